The molecule has 0 spiro atoms. The molecule has 2 aromatic carbocycles. The Morgan fingerprint density at radius 2 is 2.08 bits per heavy atom. The summed E-state index contributed by atoms with van der Waals surface area (Å²) in [5.41, 5.74) is 10.3. The second-order valence-corrected chi connectivity index (χ2v) is 9.56. The van der Waals surface area contributed by atoms with Crippen molar-refractivity contribution in [1.82, 2.24) is 29.6 Å². The van der Waals surface area contributed by atoms with Crippen LogP contribution in [0.15, 0.2) is 59.7 Å². The molecule has 1 saturated heterocycles. The standard InChI is InChI=1S/C26H24ClN7O3/c1-37-22-6-5-14(10-19(22)27)21-11-17(7-8-33(21)25(28)35)34-20-4-2-3-18(23(20)31-26(34)36)15-9-16-13-30-32-24(16)29-12-15/h2-6,9-10,12-13,17,21H,7-8,11H2,1H3,(H2,28,35)(H,31,36)(H,29,30,32). The number of hydrogen-bond acceptors (Lipinski definition) is 5. The maximum absolute atomic E-state index is 13.3. The first kappa shape index (κ1) is 23.1. The number of likely N-dealkylation sites (tertiary alicyclic amines) is 1. The number of methoxy groups -OCH3 is 1. The smallest absolute Gasteiger partial charge is 0.326 e. The third-order valence-electron chi connectivity index (χ3n) is 7.14. The van der Waals surface area contributed by atoms with Gasteiger partial charge in [0, 0.05) is 35.3 Å². The number of amides is 2. The van der Waals surface area contributed by atoms with Gasteiger partial charge < -0.3 is 20.4 Å². The monoisotopic (exact) mass is 517 g/mol. The first-order valence-electron chi connectivity index (χ1n) is 11.9. The van der Waals surface area contributed by atoms with E-state index in [0.717, 1.165) is 33.1 Å². The summed E-state index contributed by atoms with van der Waals surface area (Å²) >= 11 is 6.39. The van der Waals surface area contributed by atoms with Gasteiger partial charge in [-0.05, 0) is 42.7 Å². The fourth-order valence-corrected chi connectivity index (χ4v) is 5.65. The normalized spacial score (nSPS) is 17.9. The van der Waals surface area contributed by atoms with Crippen LogP contribution >= 0.6 is 11.6 Å². The number of fused-ring (bicyclic) bond motifs is 2. The van der Waals surface area contributed by atoms with Crippen LogP contribution in [0.1, 0.15) is 30.5 Å². The van der Waals surface area contributed by atoms with Crippen molar-refractivity contribution < 1.29 is 9.53 Å². The minimum atomic E-state index is -0.508. The van der Waals surface area contributed by atoms with Gasteiger partial charge in [0.2, 0.25) is 0 Å². The average Bonchev–Trinajstić information content (AvgIpc) is 3.51. The highest BCUT2D eigenvalue weighted by atomic mass is 35.5. The van der Waals surface area contributed by atoms with Gasteiger partial charge in [0.15, 0.2) is 5.65 Å². The van der Waals surface area contributed by atoms with Crippen LogP contribution in [-0.4, -0.2) is 49.3 Å². The highest BCUT2D eigenvalue weighted by molar-refractivity contribution is 6.32. The van der Waals surface area contributed by atoms with Crippen LogP contribution in [0.4, 0.5) is 4.79 Å². The Bertz CT molecular complexity index is 1710. The van der Waals surface area contributed by atoms with Gasteiger partial charge in [-0.25, -0.2) is 14.6 Å². The molecule has 37 heavy (non-hydrogen) atoms. The Balaban J connectivity index is 1.41. The van der Waals surface area contributed by atoms with Crippen LogP contribution in [0.3, 0.4) is 0 Å². The molecule has 0 bridgehead atoms. The van der Waals surface area contributed by atoms with Crippen molar-refractivity contribution in [2.75, 3.05) is 13.7 Å². The summed E-state index contributed by atoms with van der Waals surface area (Å²) in [6.45, 7) is 0.411. The van der Waals surface area contributed by atoms with Gasteiger partial charge >= 0.3 is 11.7 Å². The number of ether oxygens (including phenoxy) is 1. The molecule has 4 heterocycles. The van der Waals surface area contributed by atoms with Gasteiger partial charge in [0.05, 0.1) is 35.4 Å². The van der Waals surface area contributed by atoms with Gasteiger partial charge in [-0.1, -0.05) is 29.8 Å². The number of nitrogens with zero attached hydrogens (tertiary/aromatic N) is 4. The van der Waals surface area contributed by atoms with Crippen molar-refractivity contribution in [3.63, 3.8) is 0 Å². The highest BCUT2D eigenvalue weighted by Gasteiger charge is 2.34. The Hall–Kier alpha value is -4.31. The van der Waals surface area contributed by atoms with E-state index in [2.05, 4.69) is 20.2 Å². The van der Waals surface area contributed by atoms with Crippen molar-refractivity contribution >= 4 is 39.7 Å². The maximum Gasteiger partial charge on any atom is 0.326 e. The fourth-order valence-electron chi connectivity index (χ4n) is 5.39. The van der Waals surface area contributed by atoms with Gasteiger partial charge in [-0.15, -0.1) is 0 Å². The Morgan fingerprint density at radius 1 is 1.22 bits per heavy atom. The number of H-pyrrole nitrogens is 2. The van der Waals surface area contributed by atoms with Crippen molar-refractivity contribution in [3.8, 4) is 16.9 Å². The van der Waals surface area contributed by atoms with Gasteiger partial charge in [-0.2, -0.15) is 5.10 Å². The molecule has 2 atom stereocenters. The minimum absolute atomic E-state index is 0.160. The Morgan fingerprint density at radius 3 is 2.86 bits per heavy atom. The maximum atomic E-state index is 13.3. The number of nitrogens with one attached hydrogen (secondary N) is 2. The van der Waals surface area contributed by atoms with Crippen molar-refractivity contribution in [2.45, 2.75) is 24.9 Å². The number of carbonyl (C=O) groups is 1. The number of imidazole rings is 1. The number of nitrogens with two attached hydrogens (primary N) is 1. The summed E-state index contributed by atoms with van der Waals surface area (Å²) < 4.78 is 7.07. The zero-order valence-corrected chi connectivity index (χ0v) is 20.7. The van der Waals surface area contributed by atoms with Crippen LogP contribution < -0.4 is 16.2 Å². The Labute approximate surface area is 216 Å². The number of aromatic nitrogens is 5. The fraction of sp³-hybridized carbons (Fsp3) is 0.231. The van der Waals surface area contributed by atoms with Crippen molar-refractivity contribution in [3.05, 3.63) is 75.9 Å². The molecule has 11 heteroatoms. The topological polar surface area (TPSA) is 135 Å². The van der Waals surface area contributed by atoms with E-state index in [-0.39, 0.29) is 17.8 Å². The van der Waals surface area contributed by atoms with Gasteiger partial charge in [0.25, 0.3) is 0 Å². The lowest BCUT2D eigenvalue weighted by atomic mass is 9.91. The summed E-state index contributed by atoms with van der Waals surface area (Å²) in [7, 11) is 1.55. The van der Waals surface area contributed by atoms with E-state index in [4.69, 9.17) is 22.1 Å². The van der Waals surface area contributed by atoms with E-state index >= 15 is 0 Å². The van der Waals surface area contributed by atoms with E-state index in [9.17, 15) is 9.59 Å². The molecule has 6 rings (SSSR count). The van der Waals surface area contributed by atoms with E-state index in [1.807, 2.05) is 30.3 Å². The molecule has 188 valence electrons. The van der Waals surface area contributed by atoms with Crippen LogP contribution in [0, 0.1) is 0 Å². The van der Waals surface area contributed by atoms with Crippen LogP contribution in [0.25, 0.3) is 33.2 Å². The summed E-state index contributed by atoms with van der Waals surface area (Å²) in [4.78, 5) is 34.8. The van der Waals surface area contributed by atoms with Crippen LogP contribution in [0.5, 0.6) is 5.75 Å². The third-order valence-corrected chi connectivity index (χ3v) is 7.43. The van der Waals surface area contributed by atoms with Crippen molar-refractivity contribution in [1.29, 1.82) is 0 Å². The van der Waals surface area contributed by atoms with E-state index in [1.165, 1.54) is 0 Å². The molecule has 4 N–H and O–H groups in total. The third kappa shape index (κ3) is 3.89. The second kappa shape index (κ2) is 8.97. The number of pyridine rings is 1. The predicted octanol–water partition coefficient (Wildman–Crippen LogP) is 4.39. The molecule has 5 aromatic rings. The molecule has 1 aliphatic heterocycles. The number of urea groups is 1. The number of aromatic amines is 2. The zero-order chi connectivity index (χ0) is 25.7. The largest absolute Gasteiger partial charge is 0.495 e. The molecule has 0 radical (unpaired) electrons. The minimum Gasteiger partial charge on any atom is -0.495 e. The number of benzene rings is 2. The summed E-state index contributed by atoms with van der Waals surface area (Å²) in [6, 6.07) is 12.2. The number of hydrogen-bond donors (Lipinski definition) is 3. The number of piperidine rings is 1. The molecule has 0 aliphatic carbocycles. The summed E-state index contributed by atoms with van der Waals surface area (Å²) in [5, 5.41) is 8.23. The average molecular weight is 518 g/mol. The first-order chi connectivity index (χ1) is 17.9. The van der Waals surface area contributed by atoms with E-state index in [1.54, 1.807) is 41.1 Å². The second-order valence-electron chi connectivity index (χ2n) is 9.15. The van der Waals surface area contributed by atoms with E-state index < -0.39 is 6.03 Å². The zero-order valence-electron chi connectivity index (χ0n) is 19.9. The number of rotatable bonds is 4. The van der Waals surface area contributed by atoms with Gasteiger partial charge in [-0.3, -0.25) is 9.67 Å². The molecule has 1 aliphatic rings. The summed E-state index contributed by atoms with van der Waals surface area (Å²) in [5.74, 6) is 0.548. The number of para-hydroxylation sites is 1. The molecular weight excluding hydrogens is 494 g/mol. The van der Waals surface area contributed by atoms with Crippen LogP contribution in [-0.2, 0) is 0 Å². The molecule has 10 nitrogen and oxygen atoms in total. The van der Waals surface area contributed by atoms with Crippen LogP contribution in [0.2, 0.25) is 5.02 Å². The SMILES string of the molecule is COc1ccc(C2CC(n3c(=O)[nH]c4c(-c5cnc6[nH]ncc6c5)cccc43)CCN2C(N)=O)cc1Cl. The first-order valence-corrected chi connectivity index (χ1v) is 12.2. The lowest BCUT2D eigenvalue weighted by Gasteiger charge is -2.39. The Kier molecular flexibility index (Phi) is 5.60. The molecular formula is C26H24ClN7O3. The highest BCUT2D eigenvalue weighted by Crippen LogP contribution is 2.40. The summed E-state index contributed by atoms with van der Waals surface area (Å²) in [6.07, 6.45) is 4.58. The number of carbonyl (C=O) groups excluding carboxylic acids is 1. The van der Waals surface area contributed by atoms with Crippen molar-refractivity contribution in [2.24, 2.45) is 5.73 Å². The number of primary amides is 1. The lowest BCUT2D eigenvalue weighted by molar-refractivity contribution is 0.136. The number of halogens is 1. The molecule has 2 amide bonds. The molecule has 2 unspecified atom stereocenters. The lowest BCUT2D eigenvalue weighted by Crippen LogP contribution is -2.45. The molecule has 3 aromatic heterocycles. The van der Waals surface area contributed by atoms with Gasteiger partial charge in [0.1, 0.15) is 5.75 Å². The quantitative estimate of drug-likeness (QED) is 0.325. The molecule has 0 saturated carbocycles. The molecule has 1 fully saturated rings. The predicted molar refractivity (Wildman–Crippen MR) is 141 cm³/mol. The van der Waals surface area contributed by atoms with E-state index in [0.29, 0.717) is 35.8 Å².